The van der Waals surface area contributed by atoms with E-state index in [1.54, 1.807) is 12.1 Å². The molecule has 3 aromatic rings. The highest BCUT2D eigenvalue weighted by Gasteiger charge is 2.12. The zero-order chi connectivity index (χ0) is 14.8. The molecule has 0 unspecified atom stereocenters. The largest absolute Gasteiger partial charge is 0.494 e. The number of carbonyl (C=O) groups is 1. The van der Waals surface area contributed by atoms with Gasteiger partial charge in [-0.25, -0.2) is 4.98 Å². The van der Waals surface area contributed by atoms with Crippen molar-refractivity contribution < 1.29 is 9.53 Å². The number of carbonyl (C=O) groups excluding carboxylic acids is 1. The lowest BCUT2D eigenvalue weighted by atomic mass is 10.3. The predicted octanol–water partition coefficient (Wildman–Crippen LogP) is 4.66. The van der Waals surface area contributed by atoms with Crippen LogP contribution in [0.25, 0.3) is 10.2 Å². The number of amides is 1. The molecular weight excluding hydrogens is 328 g/mol. The van der Waals surface area contributed by atoms with Gasteiger partial charge in [0.1, 0.15) is 5.75 Å². The second-order valence-electron chi connectivity index (χ2n) is 4.14. The maximum atomic E-state index is 12.1. The van der Waals surface area contributed by atoms with Gasteiger partial charge in [-0.2, -0.15) is 0 Å². The van der Waals surface area contributed by atoms with Crippen LogP contribution in [-0.4, -0.2) is 17.5 Å². The van der Waals surface area contributed by atoms with Crippen LogP contribution in [0.2, 0.25) is 4.34 Å². The highest BCUT2D eigenvalue weighted by molar-refractivity contribution is 7.22. The van der Waals surface area contributed by atoms with Gasteiger partial charge in [-0.1, -0.05) is 22.9 Å². The van der Waals surface area contributed by atoms with Crippen LogP contribution in [0, 0.1) is 0 Å². The molecule has 7 heteroatoms. The van der Waals surface area contributed by atoms with Crippen LogP contribution in [-0.2, 0) is 0 Å². The third-order valence-electron chi connectivity index (χ3n) is 2.69. The molecule has 3 rings (SSSR count). The van der Waals surface area contributed by atoms with Crippen molar-refractivity contribution in [2.24, 2.45) is 0 Å². The molecule has 0 aliphatic carbocycles. The minimum Gasteiger partial charge on any atom is -0.494 e. The molecule has 1 N–H and O–H groups in total. The minimum atomic E-state index is -0.198. The van der Waals surface area contributed by atoms with Crippen molar-refractivity contribution in [1.82, 2.24) is 4.98 Å². The first-order chi connectivity index (χ1) is 10.2. The first kappa shape index (κ1) is 14.3. The summed E-state index contributed by atoms with van der Waals surface area (Å²) in [6.45, 7) is 2.56. The van der Waals surface area contributed by atoms with E-state index in [0.29, 0.717) is 21.0 Å². The summed E-state index contributed by atoms with van der Waals surface area (Å²) in [4.78, 5) is 17.0. The number of nitrogens with zero attached hydrogens (tertiary/aromatic N) is 1. The molecule has 21 heavy (non-hydrogen) atoms. The molecule has 108 valence electrons. The summed E-state index contributed by atoms with van der Waals surface area (Å²) in [7, 11) is 0. The summed E-state index contributed by atoms with van der Waals surface area (Å²) in [6, 6.07) is 9.08. The number of halogens is 1. The highest BCUT2D eigenvalue weighted by atomic mass is 35.5. The van der Waals surface area contributed by atoms with Crippen molar-refractivity contribution in [1.29, 1.82) is 0 Å². The van der Waals surface area contributed by atoms with E-state index in [1.807, 2.05) is 25.1 Å². The van der Waals surface area contributed by atoms with E-state index in [0.717, 1.165) is 16.0 Å². The Bertz CT molecular complexity index is 797. The minimum absolute atomic E-state index is 0.198. The topological polar surface area (TPSA) is 51.2 Å². The number of hydrogen-bond donors (Lipinski definition) is 1. The Balaban J connectivity index is 1.82. The van der Waals surface area contributed by atoms with Gasteiger partial charge in [-0.15, -0.1) is 11.3 Å². The molecule has 4 nitrogen and oxygen atoms in total. The molecule has 2 heterocycles. The average Bonchev–Trinajstić information content (AvgIpc) is 3.04. The van der Waals surface area contributed by atoms with Gasteiger partial charge in [0, 0.05) is 0 Å². The first-order valence-electron chi connectivity index (χ1n) is 6.26. The van der Waals surface area contributed by atoms with Gasteiger partial charge in [-0.05, 0) is 37.3 Å². The van der Waals surface area contributed by atoms with E-state index in [1.165, 1.54) is 22.7 Å². The molecule has 0 aliphatic rings. The van der Waals surface area contributed by atoms with Gasteiger partial charge in [0.25, 0.3) is 5.91 Å². The van der Waals surface area contributed by atoms with E-state index in [2.05, 4.69) is 10.3 Å². The number of ether oxygens (including phenoxy) is 1. The SMILES string of the molecule is CCOc1ccc2nc(NC(=O)c3ccc(Cl)s3)sc2c1. The molecule has 0 saturated carbocycles. The smallest absolute Gasteiger partial charge is 0.267 e. The first-order valence-corrected chi connectivity index (χ1v) is 8.27. The maximum absolute atomic E-state index is 12.1. The van der Waals surface area contributed by atoms with Crippen LogP contribution in [0.15, 0.2) is 30.3 Å². The Labute approximate surface area is 134 Å². The third-order valence-corrected chi connectivity index (χ3v) is 4.85. The van der Waals surface area contributed by atoms with Crippen LogP contribution in [0.3, 0.4) is 0 Å². The standard InChI is InChI=1S/C14H11ClN2O2S2/c1-2-19-8-3-4-9-11(7-8)21-14(16-9)17-13(18)10-5-6-12(15)20-10/h3-7H,2H2,1H3,(H,16,17,18). The normalized spacial score (nSPS) is 10.8. The Kier molecular flexibility index (Phi) is 4.10. The molecule has 2 aromatic heterocycles. The van der Waals surface area contributed by atoms with Gasteiger partial charge in [-0.3, -0.25) is 10.1 Å². The Hall–Kier alpha value is -1.63. The second-order valence-corrected chi connectivity index (χ2v) is 6.89. The molecule has 0 spiro atoms. The fourth-order valence-corrected chi connectivity index (χ4v) is 3.64. The number of hydrogen-bond acceptors (Lipinski definition) is 5. The Morgan fingerprint density at radius 1 is 1.33 bits per heavy atom. The molecule has 1 amide bonds. The van der Waals surface area contributed by atoms with E-state index in [4.69, 9.17) is 16.3 Å². The monoisotopic (exact) mass is 338 g/mol. The van der Waals surface area contributed by atoms with E-state index in [9.17, 15) is 4.79 Å². The maximum Gasteiger partial charge on any atom is 0.267 e. The van der Waals surface area contributed by atoms with Crippen LogP contribution in [0.5, 0.6) is 5.75 Å². The van der Waals surface area contributed by atoms with Crippen molar-refractivity contribution in [3.63, 3.8) is 0 Å². The van der Waals surface area contributed by atoms with Gasteiger partial charge in [0.05, 0.1) is 26.0 Å². The number of rotatable bonds is 4. The molecular formula is C14H11ClN2O2S2. The van der Waals surface area contributed by atoms with E-state index < -0.39 is 0 Å². The zero-order valence-corrected chi connectivity index (χ0v) is 13.4. The van der Waals surface area contributed by atoms with Crippen LogP contribution < -0.4 is 10.1 Å². The number of benzene rings is 1. The van der Waals surface area contributed by atoms with Gasteiger partial charge >= 0.3 is 0 Å². The number of aromatic nitrogens is 1. The predicted molar refractivity (Wildman–Crippen MR) is 88.1 cm³/mol. The molecule has 0 bridgehead atoms. The molecule has 1 aromatic carbocycles. The molecule has 0 aliphatic heterocycles. The van der Waals surface area contributed by atoms with Crippen molar-refractivity contribution in [3.05, 3.63) is 39.5 Å². The number of anilines is 1. The summed E-state index contributed by atoms with van der Waals surface area (Å²) in [5.74, 6) is 0.604. The van der Waals surface area contributed by atoms with Crippen LogP contribution >= 0.6 is 34.3 Å². The van der Waals surface area contributed by atoms with Crippen molar-refractivity contribution >= 4 is 55.5 Å². The Morgan fingerprint density at radius 3 is 2.90 bits per heavy atom. The molecule has 0 fully saturated rings. The van der Waals surface area contributed by atoms with Gasteiger partial charge < -0.3 is 4.74 Å². The lowest BCUT2D eigenvalue weighted by Gasteiger charge is -2.00. The van der Waals surface area contributed by atoms with Crippen LogP contribution in [0.1, 0.15) is 16.6 Å². The fraction of sp³-hybridized carbons (Fsp3) is 0.143. The number of nitrogens with one attached hydrogen (secondary N) is 1. The van der Waals surface area contributed by atoms with E-state index in [-0.39, 0.29) is 5.91 Å². The van der Waals surface area contributed by atoms with Gasteiger partial charge in [0.15, 0.2) is 5.13 Å². The number of fused-ring (bicyclic) bond motifs is 1. The van der Waals surface area contributed by atoms with Crippen molar-refractivity contribution in [2.45, 2.75) is 6.92 Å². The summed E-state index contributed by atoms with van der Waals surface area (Å²) >= 11 is 8.49. The van der Waals surface area contributed by atoms with Gasteiger partial charge in [0.2, 0.25) is 0 Å². The van der Waals surface area contributed by atoms with Crippen molar-refractivity contribution in [2.75, 3.05) is 11.9 Å². The fourth-order valence-electron chi connectivity index (χ4n) is 1.81. The molecule has 0 radical (unpaired) electrons. The Morgan fingerprint density at radius 2 is 2.19 bits per heavy atom. The summed E-state index contributed by atoms with van der Waals surface area (Å²) < 4.78 is 7.02. The van der Waals surface area contributed by atoms with Crippen molar-refractivity contribution in [3.8, 4) is 5.75 Å². The third kappa shape index (κ3) is 3.18. The number of thiophene rings is 1. The summed E-state index contributed by atoms with van der Waals surface area (Å²) in [6.07, 6.45) is 0. The number of thiazole rings is 1. The summed E-state index contributed by atoms with van der Waals surface area (Å²) in [5.41, 5.74) is 0.836. The molecule has 0 saturated heterocycles. The molecule has 0 atom stereocenters. The second kappa shape index (κ2) is 6.01. The lowest BCUT2D eigenvalue weighted by Crippen LogP contribution is -2.09. The quantitative estimate of drug-likeness (QED) is 0.752. The average molecular weight is 339 g/mol. The lowest BCUT2D eigenvalue weighted by molar-refractivity contribution is 0.103. The van der Waals surface area contributed by atoms with E-state index >= 15 is 0 Å². The highest BCUT2D eigenvalue weighted by Crippen LogP contribution is 2.30. The van der Waals surface area contributed by atoms with Crippen LogP contribution in [0.4, 0.5) is 5.13 Å². The zero-order valence-electron chi connectivity index (χ0n) is 11.1. The summed E-state index contributed by atoms with van der Waals surface area (Å²) in [5, 5.41) is 3.35.